The number of aryl methyl sites for hydroxylation is 1. The molecule has 0 atom stereocenters. The van der Waals surface area contributed by atoms with Gasteiger partial charge in [-0.05, 0) is 30.2 Å². The van der Waals surface area contributed by atoms with Crippen molar-refractivity contribution in [1.29, 1.82) is 0 Å². The number of carboxylic acid groups (broad SMARTS) is 1. The lowest BCUT2D eigenvalue weighted by Crippen LogP contribution is -2.18. The Balaban J connectivity index is 2.58. The Morgan fingerprint density at radius 3 is 2.72 bits per heavy atom. The van der Waals surface area contributed by atoms with Crippen molar-refractivity contribution in [3.8, 4) is 5.69 Å². The zero-order valence-electron chi connectivity index (χ0n) is 9.96. The summed E-state index contributed by atoms with van der Waals surface area (Å²) in [5, 5.41) is 8.93. The molecule has 0 aliphatic carbocycles. The minimum Gasteiger partial charge on any atom is -0.478 e. The van der Waals surface area contributed by atoms with Gasteiger partial charge in [-0.2, -0.15) is 0 Å². The largest absolute Gasteiger partial charge is 0.478 e. The van der Waals surface area contributed by atoms with Crippen LogP contribution in [-0.2, 0) is 6.42 Å². The molecule has 1 aromatic heterocycles. The Morgan fingerprint density at radius 1 is 1.28 bits per heavy atom. The summed E-state index contributed by atoms with van der Waals surface area (Å²) in [5.74, 6) is -1.05. The third kappa shape index (κ3) is 2.32. The van der Waals surface area contributed by atoms with Gasteiger partial charge in [-0.1, -0.05) is 19.1 Å². The number of hydrogen-bond acceptors (Lipinski definition) is 2. The van der Waals surface area contributed by atoms with Crippen LogP contribution in [0.25, 0.3) is 5.69 Å². The molecule has 0 aliphatic rings. The molecule has 18 heavy (non-hydrogen) atoms. The maximum absolute atomic E-state index is 11.8. The zero-order valence-corrected chi connectivity index (χ0v) is 9.96. The Bertz CT molecular complexity index is 643. The Morgan fingerprint density at radius 2 is 2.06 bits per heavy atom. The molecule has 4 heteroatoms. The van der Waals surface area contributed by atoms with Crippen molar-refractivity contribution < 1.29 is 9.90 Å². The fraction of sp³-hybridized carbons (Fsp3) is 0.143. The lowest BCUT2D eigenvalue weighted by Gasteiger charge is -2.07. The first-order valence-electron chi connectivity index (χ1n) is 5.67. The number of carboxylic acids is 1. The number of carbonyl (C=O) groups is 1. The number of nitrogens with zero attached hydrogens (tertiary/aromatic N) is 1. The summed E-state index contributed by atoms with van der Waals surface area (Å²) in [6, 6.07) is 10.1. The first-order chi connectivity index (χ1) is 8.61. The van der Waals surface area contributed by atoms with Crippen molar-refractivity contribution in [2.75, 3.05) is 0 Å². The average Bonchev–Trinajstić information content (AvgIpc) is 2.39. The van der Waals surface area contributed by atoms with Crippen LogP contribution in [0.15, 0.2) is 47.4 Å². The predicted molar refractivity (Wildman–Crippen MR) is 68.4 cm³/mol. The summed E-state index contributed by atoms with van der Waals surface area (Å²) in [4.78, 5) is 22.7. The van der Waals surface area contributed by atoms with Crippen LogP contribution in [0.3, 0.4) is 0 Å². The third-order valence-corrected chi connectivity index (χ3v) is 2.76. The van der Waals surface area contributed by atoms with Gasteiger partial charge in [-0.15, -0.1) is 0 Å². The van der Waals surface area contributed by atoms with Gasteiger partial charge in [0.2, 0.25) is 0 Å². The van der Waals surface area contributed by atoms with Crippen LogP contribution in [-0.4, -0.2) is 15.6 Å². The Kier molecular flexibility index (Phi) is 3.28. The van der Waals surface area contributed by atoms with Crippen molar-refractivity contribution in [2.24, 2.45) is 0 Å². The summed E-state index contributed by atoms with van der Waals surface area (Å²) in [7, 11) is 0. The highest BCUT2D eigenvalue weighted by molar-refractivity contribution is 5.87. The van der Waals surface area contributed by atoms with Gasteiger partial charge in [-0.3, -0.25) is 9.36 Å². The maximum atomic E-state index is 11.8. The highest BCUT2D eigenvalue weighted by Crippen LogP contribution is 2.10. The predicted octanol–water partition coefficient (Wildman–Crippen LogP) is 2.10. The fourth-order valence-corrected chi connectivity index (χ4v) is 1.74. The van der Waals surface area contributed by atoms with Crippen LogP contribution >= 0.6 is 0 Å². The standard InChI is InChI=1S/C14H13NO3/c1-2-10-4-3-5-12(8-10)15-9-11(14(17)18)6-7-13(15)16/h3-9H,2H2,1H3,(H,17,18). The van der Waals surface area contributed by atoms with Gasteiger partial charge < -0.3 is 5.11 Å². The molecule has 0 spiro atoms. The van der Waals surface area contributed by atoms with Crippen LogP contribution in [0.5, 0.6) is 0 Å². The molecule has 0 bridgehead atoms. The lowest BCUT2D eigenvalue weighted by atomic mass is 10.1. The molecular formula is C14H13NO3. The molecule has 0 amide bonds. The fourth-order valence-electron chi connectivity index (χ4n) is 1.74. The van der Waals surface area contributed by atoms with E-state index >= 15 is 0 Å². The first kappa shape index (κ1) is 12.1. The van der Waals surface area contributed by atoms with E-state index in [4.69, 9.17) is 5.11 Å². The Labute approximate surface area is 104 Å². The van der Waals surface area contributed by atoms with Crippen LogP contribution in [0.1, 0.15) is 22.8 Å². The molecule has 1 aromatic carbocycles. The quantitative estimate of drug-likeness (QED) is 0.898. The number of benzene rings is 1. The van der Waals surface area contributed by atoms with Crippen LogP contribution in [0.4, 0.5) is 0 Å². The van der Waals surface area contributed by atoms with E-state index in [1.807, 2.05) is 25.1 Å². The second-order valence-electron chi connectivity index (χ2n) is 3.95. The molecule has 0 radical (unpaired) electrons. The molecule has 0 fully saturated rings. The summed E-state index contributed by atoms with van der Waals surface area (Å²) in [6.07, 6.45) is 2.21. The molecule has 4 nitrogen and oxygen atoms in total. The second-order valence-corrected chi connectivity index (χ2v) is 3.95. The summed E-state index contributed by atoms with van der Waals surface area (Å²) >= 11 is 0. The van der Waals surface area contributed by atoms with E-state index < -0.39 is 5.97 Å². The maximum Gasteiger partial charge on any atom is 0.337 e. The number of aromatic carboxylic acids is 1. The molecule has 2 rings (SSSR count). The molecule has 92 valence electrons. The number of aromatic nitrogens is 1. The first-order valence-corrected chi connectivity index (χ1v) is 5.67. The van der Waals surface area contributed by atoms with Gasteiger partial charge in [0.25, 0.3) is 5.56 Å². The SMILES string of the molecule is CCc1cccc(-n2cc(C(=O)O)ccc2=O)c1. The minimum atomic E-state index is -1.05. The van der Waals surface area contributed by atoms with Crippen molar-refractivity contribution in [3.05, 3.63) is 64.1 Å². The van der Waals surface area contributed by atoms with Gasteiger partial charge >= 0.3 is 5.97 Å². The highest BCUT2D eigenvalue weighted by atomic mass is 16.4. The molecule has 2 aromatic rings. The molecule has 0 saturated carbocycles. The molecular weight excluding hydrogens is 230 g/mol. The highest BCUT2D eigenvalue weighted by Gasteiger charge is 2.06. The average molecular weight is 243 g/mol. The molecule has 0 saturated heterocycles. The van der Waals surface area contributed by atoms with E-state index in [9.17, 15) is 9.59 Å². The number of pyridine rings is 1. The van der Waals surface area contributed by atoms with Crippen LogP contribution < -0.4 is 5.56 Å². The summed E-state index contributed by atoms with van der Waals surface area (Å²) < 4.78 is 1.35. The van der Waals surface area contributed by atoms with E-state index in [1.54, 1.807) is 6.07 Å². The topological polar surface area (TPSA) is 59.3 Å². The monoisotopic (exact) mass is 243 g/mol. The van der Waals surface area contributed by atoms with E-state index in [0.717, 1.165) is 12.0 Å². The summed E-state index contributed by atoms with van der Waals surface area (Å²) in [5.41, 5.74) is 1.63. The number of rotatable bonds is 3. The molecule has 0 aliphatic heterocycles. The van der Waals surface area contributed by atoms with Gasteiger partial charge in [-0.25, -0.2) is 4.79 Å². The molecule has 1 N–H and O–H groups in total. The Hall–Kier alpha value is -2.36. The second kappa shape index (κ2) is 4.87. The summed E-state index contributed by atoms with van der Waals surface area (Å²) in [6.45, 7) is 2.02. The smallest absolute Gasteiger partial charge is 0.337 e. The van der Waals surface area contributed by atoms with E-state index in [1.165, 1.54) is 22.9 Å². The number of hydrogen-bond donors (Lipinski definition) is 1. The van der Waals surface area contributed by atoms with Crippen molar-refractivity contribution in [1.82, 2.24) is 4.57 Å². The van der Waals surface area contributed by atoms with Gasteiger partial charge in [0.1, 0.15) is 0 Å². The van der Waals surface area contributed by atoms with Crippen molar-refractivity contribution in [2.45, 2.75) is 13.3 Å². The minimum absolute atomic E-state index is 0.0940. The zero-order chi connectivity index (χ0) is 13.1. The molecule has 0 unspecified atom stereocenters. The molecule has 1 heterocycles. The van der Waals surface area contributed by atoms with Crippen LogP contribution in [0, 0.1) is 0 Å². The van der Waals surface area contributed by atoms with E-state index in [2.05, 4.69) is 0 Å². The van der Waals surface area contributed by atoms with Crippen LogP contribution in [0.2, 0.25) is 0 Å². The third-order valence-electron chi connectivity index (χ3n) is 2.76. The van der Waals surface area contributed by atoms with E-state index in [0.29, 0.717) is 5.69 Å². The van der Waals surface area contributed by atoms with Crippen molar-refractivity contribution >= 4 is 5.97 Å². The normalized spacial score (nSPS) is 10.3. The van der Waals surface area contributed by atoms with E-state index in [-0.39, 0.29) is 11.1 Å². The lowest BCUT2D eigenvalue weighted by molar-refractivity contribution is 0.0696. The van der Waals surface area contributed by atoms with Gasteiger partial charge in [0.05, 0.1) is 5.56 Å². The van der Waals surface area contributed by atoms with Gasteiger partial charge in [0.15, 0.2) is 0 Å². The van der Waals surface area contributed by atoms with Crippen molar-refractivity contribution in [3.63, 3.8) is 0 Å². The van der Waals surface area contributed by atoms with Gasteiger partial charge in [0, 0.05) is 18.0 Å².